The van der Waals surface area contributed by atoms with Crippen LogP contribution in [0.4, 0.5) is 0 Å². The molecule has 0 radical (unpaired) electrons. The molecule has 0 unspecified atom stereocenters. The van der Waals surface area contributed by atoms with Crippen LogP contribution in [0.1, 0.15) is 19.0 Å². The summed E-state index contributed by atoms with van der Waals surface area (Å²) in [6.07, 6.45) is 6.94. The van der Waals surface area contributed by atoms with Crippen LogP contribution in [0.5, 0.6) is 5.88 Å². The molecule has 1 aromatic rings. The molecule has 114 valence electrons. The zero-order valence-electron chi connectivity index (χ0n) is 12.0. The zero-order valence-corrected chi connectivity index (χ0v) is 12.8. The maximum atomic E-state index is 10.1. The number of nitrogens with zero attached hydrogens (tertiary/aromatic N) is 4. The summed E-state index contributed by atoms with van der Waals surface area (Å²) >= 11 is 1.48. The summed E-state index contributed by atoms with van der Waals surface area (Å²) in [4.78, 5) is 27.7. The molecule has 21 heavy (non-hydrogen) atoms. The smallest absolute Gasteiger partial charge is 0.294 e. The van der Waals surface area contributed by atoms with E-state index in [2.05, 4.69) is 19.8 Å². The summed E-state index contributed by atoms with van der Waals surface area (Å²) < 4.78 is 4.97. The fourth-order valence-electron chi connectivity index (χ4n) is 1.40. The van der Waals surface area contributed by atoms with E-state index in [0.29, 0.717) is 18.0 Å². The van der Waals surface area contributed by atoms with Crippen molar-refractivity contribution in [3.63, 3.8) is 0 Å². The van der Waals surface area contributed by atoms with Crippen molar-refractivity contribution in [1.82, 2.24) is 9.97 Å². The number of thioether (sulfide) groups is 1. The van der Waals surface area contributed by atoms with Crippen LogP contribution in [0.15, 0.2) is 28.0 Å². The first-order valence-corrected chi connectivity index (χ1v) is 7.20. The van der Waals surface area contributed by atoms with E-state index < -0.39 is 5.09 Å². The third kappa shape index (κ3) is 6.21. The number of methoxy groups -OCH3 is 1. The molecule has 0 spiro atoms. The van der Waals surface area contributed by atoms with Crippen LogP contribution in [0.3, 0.4) is 0 Å². The highest BCUT2D eigenvalue weighted by molar-refractivity contribution is 8.02. The van der Waals surface area contributed by atoms with Crippen LogP contribution in [0, 0.1) is 10.1 Å². The summed E-state index contributed by atoms with van der Waals surface area (Å²) in [5, 5.41) is 9.31. The fraction of sp³-hybridized carbons (Fsp3) is 0.417. The number of rotatable bonds is 8. The number of aliphatic imine (C=N–C) groups is 1. The molecule has 0 amide bonds. The largest absolute Gasteiger partial charge is 0.480 e. The van der Waals surface area contributed by atoms with Crippen LogP contribution < -0.4 is 4.74 Å². The number of allylic oxidation sites excluding steroid dienone is 1. The molecule has 0 aliphatic heterocycles. The highest BCUT2D eigenvalue weighted by atomic mass is 32.2. The first-order chi connectivity index (χ1) is 10.1. The van der Waals surface area contributed by atoms with Gasteiger partial charge in [0.25, 0.3) is 5.09 Å². The van der Waals surface area contributed by atoms with Crippen molar-refractivity contribution >= 4 is 18.0 Å². The lowest BCUT2D eigenvalue weighted by Gasteiger charge is -2.05. The molecule has 0 aromatic carbocycles. The number of aromatic nitrogens is 2. The van der Waals surface area contributed by atoms with Gasteiger partial charge < -0.3 is 9.57 Å². The van der Waals surface area contributed by atoms with Crippen molar-refractivity contribution < 1.29 is 14.7 Å². The lowest BCUT2D eigenvalue weighted by atomic mass is 10.3. The van der Waals surface area contributed by atoms with Crippen molar-refractivity contribution in [2.24, 2.45) is 4.99 Å². The van der Waals surface area contributed by atoms with Gasteiger partial charge in [0.1, 0.15) is 12.3 Å². The van der Waals surface area contributed by atoms with Gasteiger partial charge in [0.2, 0.25) is 5.88 Å². The Morgan fingerprint density at radius 2 is 2.33 bits per heavy atom. The van der Waals surface area contributed by atoms with E-state index in [-0.39, 0.29) is 6.61 Å². The first kappa shape index (κ1) is 16.9. The Hall–Kier alpha value is -2.16. The Morgan fingerprint density at radius 3 is 2.95 bits per heavy atom. The molecule has 1 heterocycles. The van der Waals surface area contributed by atoms with Crippen LogP contribution in [-0.4, -0.2) is 41.2 Å². The number of hydrogen-bond acceptors (Lipinski definition) is 8. The maximum Gasteiger partial charge on any atom is 0.294 e. The molecule has 0 bridgehead atoms. The molecule has 0 saturated carbocycles. The lowest BCUT2D eigenvalue weighted by Crippen LogP contribution is -2.02. The van der Waals surface area contributed by atoms with Crippen molar-refractivity contribution in [3.05, 3.63) is 38.8 Å². The fourth-order valence-corrected chi connectivity index (χ4v) is 2.04. The monoisotopic (exact) mass is 312 g/mol. The van der Waals surface area contributed by atoms with E-state index >= 15 is 0 Å². The second kappa shape index (κ2) is 8.90. The summed E-state index contributed by atoms with van der Waals surface area (Å²) in [6, 6.07) is 0. The molecule has 1 rings (SSSR count). The molecule has 9 heteroatoms. The van der Waals surface area contributed by atoms with Crippen LogP contribution in [-0.2, 0) is 4.84 Å². The molecule has 1 aromatic heterocycles. The standard InChI is InChI=1S/C12H16N4O4S/c1-9(11(21-3)4-5-20-16(17)18)14-7-10-6-13-8-12(15-10)19-2/h6-8H,4-5H2,1-3H3/b11-9-,14-7?. The van der Waals surface area contributed by atoms with Crippen molar-refractivity contribution in [2.45, 2.75) is 13.3 Å². The van der Waals surface area contributed by atoms with Crippen molar-refractivity contribution in [2.75, 3.05) is 20.0 Å². The van der Waals surface area contributed by atoms with Gasteiger partial charge in [-0.15, -0.1) is 21.9 Å². The molecule has 8 nitrogen and oxygen atoms in total. The Balaban J connectivity index is 2.73. The molecular formula is C12H16N4O4S. The van der Waals surface area contributed by atoms with E-state index in [1.165, 1.54) is 25.1 Å². The summed E-state index contributed by atoms with van der Waals surface area (Å²) in [7, 11) is 1.51. The second-order valence-electron chi connectivity index (χ2n) is 3.76. The van der Waals surface area contributed by atoms with Crippen molar-refractivity contribution in [1.29, 1.82) is 0 Å². The first-order valence-electron chi connectivity index (χ1n) is 5.98. The summed E-state index contributed by atoms with van der Waals surface area (Å²) in [6.45, 7) is 1.83. The average Bonchev–Trinajstić information content (AvgIpc) is 2.49. The van der Waals surface area contributed by atoms with E-state index in [1.807, 2.05) is 13.2 Å². The third-order valence-corrected chi connectivity index (χ3v) is 3.40. The maximum absolute atomic E-state index is 10.1. The van der Waals surface area contributed by atoms with Gasteiger partial charge in [0.15, 0.2) is 0 Å². The Bertz CT molecular complexity index is 548. The molecule has 0 fully saturated rings. The molecule has 0 saturated heterocycles. The molecule has 0 atom stereocenters. The van der Waals surface area contributed by atoms with Gasteiger partial charge in [0.05, 0.1) is 25.7 Å². The van der Waals surface area contributed by atoms with Gasteiger partial charge in [-0.3, -0.25) is 9.98 Å². The van der Waals surface area contributed by atoms with Gasteiger partial charge in [-0.2, -0.15) is 0 Å². The predicted molar refractivity (Wildman–Crippen MR) is 80.0 cm³/mol. The molecular weight excluding hydrogens is 296 g/mol. The topological polar surface area (TPSA) is 99.7 Å². The minimum absolute atomic E-state index is 0.00893. The lowest BCUT2D eigenvalue weighted by molar-refractivity contribution is -0.757. The minimum atomic E-state index is -0.803. The highest BCUT2D eigenvalue weighted by Crippen LogP contribution is 2.21. The zero-order chi connectivity index (χ0) is 15.7. The highest BCUT2D eigenvalue weighted by Gasteiger charge is 2.03. The van der Waals surface area contributed by atoms with Gasteiger partial charge in [0, 0.05) is 17.0 Å². The van der Waals surface area contributed by atoms with Crippen LogP contribution in [0.25, 0.3) is 0 Å². The van der Waals surface area contributed by atoms with Crippen LogP contribution >= 0.6 is 11.8 Å². The molecule has 0 aliphatic rings. The molecule has 0 aliphatic carbocycles. The normalized spacial score (nSPS) is 12.1. The summed E-state index contributed by atoms with van der Waals surface area (Å²) in [5.41, 5.74) is 1.31. The summed E-state index contributed by atoms with van der Waals surface area (Å²) in [5.74, 6) is 0.407. The predicted octanol–water partition coefficient (Wildman–Crippen LogP) is 2.10. The van der Waals surface area contributed by atoms with Gasteiger partial charge >= 0.3 is 0 Å². The quantitative estimate of drug-likeness (QED) is 0.411. The van der Waals surface area contributed by atoms with Gasteiger partial charge in [-0.1, -0.05) is 0 Å². The van der Waals surface area contributed by atoms with Gasteiger partial charge in [-0.25, -0.2) is 4.98 Å². The SMILES string of the molecule is COc1cncc(C=N/C(C)=C(/CCO[N+](=O)[O-])SC)n1. The Kier molecular flexibility index (Phi) is 7.16. The third-order valence-electron chi connectivity index (χ3n) is 2.41. The van der Waals surface area contributed by atoms with Crippen LogP contribution in [0.2, 0.25) is 0 Å². The molecule has 0 N–H and O–H groups in total. The van der Waals surface area contributed by atoms with E-state index in [0.717, 1.165) is 10.6 Å². The number of ether oxygens (including phenoxy) is 1. The van der Waals surface area contributed by atoms with E-state index in [4.69, 9.17) is 4.74 Å². The van der Waals surface area contributed by atoms with E-state index in [9.17, 15) is 10.1 Å². The average molecular weight is 312 g/mol. The van der Waals surface area contributed by atoms with E-state index in [1.54, 1.807) is 12.4 Å². The second-order valence-corrected chi connectivity index (χ2v) is 4.67. The van der Waals surface area contributed by atoms with Crippen molar-refractivity contribution in [3.8, 4) is 5.88 Å². The van der Waals surface area contributed by atoms with Gasteiger partial charge in [-0.05, 0) is 13.2 Å². The Morgan fingerprint density at radius 1 is 1.57 bits per heavy atom. The minimum Gasteiger partial charge on any atom is -0.480 e. The number of hydrogen-bond donors (Lipinski definition) is 0. The Labute approximate surface area is 126 Å².